The Kier molecular flexibility index (Phi) is 5.78. The number of sulfone groups is 1. The van der Waals surface area contributed by atoms with Crippen LogP contribution >= 0.6 is 15.9 Å². The Morgan fingerprint density at radius 2 is 1.79 bits per heavy atom. The topological polar surface area (TPSA) is 102 Å². The average Bonchev–Trinajstić information content (AvgIpc) is 3.06. The summed E-state index contributed by atoms with van der Waals surface area (Å²) >= 11 is 3.33. The summed E-state index contributed by atoms with van der Waals surface area (Å²) < 4.78 is 65.0. The molecule has 2 heterocycles. The van der Waals surface area contributed by atoms with E-state index in [2.05, 4.69) is 41.5 Å². The Hall–Kier alpha value is -3.19. The zero-order valence-corrected chi connectivity index (χ0v) is 19.5. The van der Waals surface area contributed by atoms with Crippen LogP contribution in [0.1, 0.15) is 5.82 Å². The molecular weight excluding hydrogens is 525 g/mol. The first kappa shape index (κ1) is 23.0. The zero-order chi connectivity index (χ0) is 24.0. The fraction of sp³-hybridized carbons (Fsp3) is 0.150. The highest BCUT2D eigenvalue weighted by Crippen LogP contribution is 2.32. The molecule has 2 N–H and O–H groups in total. The molecule has 2 aromatic heterocycles. The Labute approximate surface area is 194 Å². The number of alkyl halides is 3. The maximum Gasteiger partial charge on any atom is 0.449 e. The van der Waals surface area contributed by atoms with E-state index in [4.69, 9.17) is 0 Å². The summed E-state index contributed by atoms with van der Waals surface area (Å²) in [5.74, 6) is -0.559. The molecule has 0 atom stereocenters. The normalized spacial score (nSPS) is 12.2. The van der Waals surface area contributed by atoms with Crippen LogP contribution in [0.15, 0.2) is 58.0 Å². The maximum atomic E-state index is 13.1. The van der Waals surface area contributed by atoms with E-state index >= 15 is 0 Å². The number of anilines is 4. The summed E-state index contributed by atoms with van der Waals surface area (Å²) in [5, 5.41) is 5.90. The number of hydrogen-bond acceptors (Lipinski definition) is 7. The summed E-state index contributed by atoms with van der Waals surface area (Å²) in [6.45, 7) is 0. The monoisotopic (exact) mass is 540 g/mol. The molecule has 0 radical (unpaired) electrons. The van der Waals surface area contributed by atoms with Gasteiger partial charge in [0.15, 0.2) is 9.84 Å². The third kappa shape index (κ3) is 4.78. The second-order valence-electron chi connectivity index (χ2n) is 7.10. The van der Waals surface area contributed by atoms with Crippen molar-refractivity contribution in [2.45, 2.75) is 11.1 Å². The number of para-hydroxylation sites is 1. The molecule has 172 valence electrons. The smallest absolute Gasteiger partial charge is 0.338 e. The van der Waals surface area contributed by atoms with Gasteiger partial charge in [0, 0.05) is 25.2 Å². The summed E-state index contributed by atoms with van der Waals surface area (Å²) in [6.07, 6.45) is -2.01. The van der Waals surface area contributed by atoms with Crippen LogP contribution in [0.2, 0.25) is 0 Å². The fourth-order valence-electron chi connectivity index (χ4n) is 3.20. The quantitative estimate of drug-likeness (QED) is 0.365. The van der Waals surface area contributed by atoms with Crippen molar-refractivity contribution in [3.8, 4) is 0 Å². The van der Waals surface area contributed by atoms with Crippen molar-refractivity contribution < 1.29 is 21.6 Å². The number of aromatic nitrogens is 4. The molecule has 8 nitrogen and oxygen atoms in total. The number of halogens is 4. The molecule has 0 aliphatic heterocycles. The summed E-state index contributed by atoms with van der Waals surface area (Å²) in [4.78, 5) is 12.3. The van der Waals surface area contributed by atoms with E-state index in [1.54, 1.807) is 24.3 Å². The van der Waals surface area contributed by atoms with Crippen LogP contribution in [0, 0.1) is 0 Å². The molecule has 0 saturated heterocycles. The van der Waals surface area contributed by atoms with Gasteiger partial charge in [0.05, 0.1) is 26.1 Å². The molecule has 2 aromatic carbocycles. The number of nitrogens with zero attached hydrogens (tertiary/aromatic N) is 4. The SMILES string of the molecule is Cn1c(C(F)(F)F)nc2cc(Nc3ncc(Br)c(Nc4ccccc4S(C)(=O)=O)n3)ccc21. The van der Waals surface area contributed by atoms with Gasteiger partial charge in [-0.3, -0.25) is 0 Å². The van der Waals surface area contributed by atoms with Crippen LogP contribution in [-0.4, -0.2) is 34.2 Å². The lowest BCUT2D eigenvalue weighted by atomic mass is 10.3. The predicted octanol–water partition coefficient (Wildman–Crippen LogP) is 5.04. The first-order valence-corrected chi connectivity index (χ1v) is 12.0. The van der Waals surface area contributed by atoms with Gasteiger partial charge in [0.25, 0.3) is 0 Å². The van der Waals surface area contributed by atoms with Crippen LogP contribution in [0.5, 0.6) is 0 Å². The van der Waals surface area contributed by atoms with Gasteiger partial charge in [-0.1, -0.05) is 12.1 Å². The van der Waals surface area contributed by atoms with E-state index in [0.717, 1.165) is 10.8 Å². The van der Waals surface area contributed by atoms with Gasteiger partial charge < -0.3 is 15.2 Å². The number of nitrogens with one attached hydrogen (secondary N) is 2. The van der Waals surface area contributed by atoms with Gasteiger partial charge in [0.2, 0.25) is 11.8 Å². The number of hydrogen-bond donors (Lipinski definition) is 2. The summed E-state index contributed by atoms with van der Waals surface area (Å²) in [6, 6.07) is 10.9. The molecule has 4 aromatic rings. The van der Waals surface area contributed by atoms with Crippen molar-refractivity contribution in [3.05, 3.63) is 59.0 Å². The Balaban J connectivity index is 1.65. The number of imidazole rings is 1. The molecule has 0 unspecified atom stereocenters. The van der Waals surface area contributed by atoms with Crippen LogP contribution in [0.3, 0.4) is 0 Å². The number of aryl methyl sites for hydroxylation is 1. The van der Waals surface area contributed by atoms with Crippen LogP contribution in [-0.2, 0) is 23.1 Å². The molecule has 33 heavy (non-hydrogen) atoms. The average molecular weight is 541 g/mol. The number of benzene rings is 2. The van der Waals surface area contributed by atoms with E-state index in [9.17, 15) is 21.6 Å². The van der Waals surface area contributed by atoms with E-state index in [1.165, 1.54) is 31.4 Å². The fourth-order valence-corrected chi connectivity index (χ4v) is 4.33. The first-order chi connectivity index (χ1) is 15.4. The maximum absolute atomic E-state index is 13.1. The van der Waals surface area contributed by atoms with Gasteiger partial charge >= 0.3 is 6.18 Å². The minimum atomic E-state index is -4.57. The molecule has 0 saturated carbocycles. The van der Waals surface area contributed by atoms with Crippen LogP contribution in [0.4, 0.5) is 36.3 Å². The molecule has 0 fully saturated rings. The third-order valence-corrected chi connectivity index (χ3v) is 6.41. The number of fused-ring (bicyclic) bond motifs is 1. The van der Waals surface area contributed by atoms with Gasteiger partial charge in [0.1, 0.15) is 5.82 Å². The van der Waals surface area contributed by atoms with E-state index in [-0.39, 0.29) is 16.4 Å². The Bertz CT molecular complexity index is 1470. The summed E-state index contributed by atoms with van der Waals surface area (Å²) in [7, 11) is -2.18. The van der Waals surface area contributed by atoms with Gasteiger partial charge in [-0.15, -0.1) is 0 Å². The molecule has 0 amide bonds. The standard InChI is InChI=1S/C20H16BrF3N6O2S/c1-30-15-8-7-11(9-14(15)28-18(30)20(22,23)24)26-19-25-10-12(21)17(29-19)27-13-5-3-4-6-16(13)33(2,31)32/h3-10H,1-2H3,(H2,25,26,27,29). The van der Waals surface area contributed by atoms with Crippen molar-refractivity contribution in [2.75, 3.05) is 16.9 Å². The van der Waals surface area contributed by atoms with Crippen molar-refractivity contribution >= 4 is 59.9 Å². The second kappa shape index (κ2) is 8.30. The molecule has 0 spiro atoms. The zero-order valence-electron chi connectivity index (χ0n) is 17.1. The lowest BCUT2D eigenvalue weighted by molar-refractivity contribution is -0.146. The lowest BCUT2D eigenvalue weighted by Gasteiger charge is -2.13. The molecular formula is C20H16BrF3N6O2S. The van der Waals surface area contributed by atoms with Gasteiger partial charge in [-0.05, 0) is 46.3 Å². The molecule has 0 aliphatic carbocycles. The minimum absolute atomic E-state index is 0.103. The highest BCUT2D eigenvalue weighted by molar-refractivity contribution is 9.10. The highest BCUT2D eigenvalue weighted by Gasteiger charge is 2.36. The van der Waals surface area contributed by atoms with E-state index in [1.807, 2.05) is 0 Å². The highest BCUT2D eigenvalue weighted by atomic mass is 79.9. The second-order valence-corrected chi connectivity index (χ2v) is 9.94. The van der Waals surface area contributed by atoms with E-state index in [0.29, 0.717) is 27.2 Å². The van der Waals surface area contributed by atoms with Gasteiger partial charge in [-0.25, -0.2) is 18.4 Å². The van der Waals surface area contributed by atoms with Crippen LogP contribution in [0.25, 0.3) is 11.0 Å². The molecule has 0 bridgehead atoms. The van der Waals surface area contributed by atoms with Crippen molar-refractivity contribution in [1.82, 2.24) is 19.5 Å². The number of rotatable bonds is 5. The van der Waals surface area contributed by atoms with E-state index < -0.39 is 21.8 Å². The van der Waals surface area contributed by atoms with Crippen LogP contribution < -0.4 is 10.6 Å². The van der Waals surface area contributed by atoms with Crippen molar-refractivity contribution in [3.63, 3.8) is 0 Å². The third-order valence-electron chi connectivity index (χ3n) is 4.67. The molecule has 13 heteroatoms. The first-order valence-electron chi connectivity index (χ1n) is 9.33. The molecule has 0 aliphatic rings. The predicted molar refractivity (Wildman–Crippen MR) is 122 cm³/mol. The Morgan fingerprint density at radius 1 is 1.06 bits per heavy atom. The van der Waals surface area contributed by atoms with Gasteiger partial charge in [-0.2, -0.15) is 18.2 Å². The lowest BCUT2D eigenvalue weighted by Crippen LogP contribution is -2.12. The minimum Gasteiger partial charge on any atom is -0.338 e. The largest absolute Gasteiger partial charge is 0.449 e. The van der Waals surface area contributed by atoms with Crippen molar-refractivity contribution in [1.29, 1.82) is 0 Å². The Morgan fingerprint density at radius 3 is 2.48 bits per heavy atom. The summed E-state index contributed by atoms with van der Waals surface area (Å²) in [5.41, 5.74) is 1.25. The molecule has 4 rings (SSSR count). The van der Waals surface area contributed by atoms with Crippen molar-refractivity contribution in [2.24, 2.45) is 7.05 Å².